The number of carbonyl (C=O) groups is 1. The Balaban J connectivity index is 2.63. The molecule has 0 spiro atoms. The van der Waals surface area contributed by atoms with Gasteiger partial charge in [0.15, 0.2) is 0 Å². The van der Waals surface area contributed by atoms with Gasteiger partial charge in [-0.3, -0.25) is 4.79 Å². The number of amides is 1. The smallest absolute Gasteiger partial charge is 0.263 e. The number of hydrogen-bond donors (Lipinski definition) is 2. The van der Waals surface area contributed by atoms with E-state index in [0.29, 0.717) is 24.4 Å². The van der Waals surface area contributed by atoms with Gasteiger partial charge >= 0.3 is 0 Å². The molecular formula is C13H22N2O3S. The Morgan fingerprint density at radius 1 is 1.53 bits per heavy atom. The van der Waals surface area contributed by atoms with E-state index < -0.39 is 0 Å². The second-order valence-corrected chi connectivity index (χ2v) is 6.36. The summed E-state index contributed by atoms with van der Waals surface area (Å²) in [6.45, 7) is 6.93. The van der Waals surface area contributed by atoms with Crippen LogP contribution in [0.5, 0.6) is 0 Å². The third-order valence-corrected chi connectivity index (χ3v) is 3.96. The number of aryl methyl sites for hydroxylation is 1. The molecule has 0 bridgehead atoms. The largest absolute Gasteiger partial charge is 0.396 e. The van der Waals surface area contributed by atoms with Gasteiger partial charge < -0.3 is 15.2 Å². The lowest BCUT2D eigenvalue weighted by Gasteiger charge is -2.23. The Morgan fingerprint density at radius 3 is 2.79 bits per heavy atom. The topological polar surface area (TPSA) is 71.5 Å². The van der Waals surface area contributed by atoms with E-state index in [1.165, 1.54) is 11.3 Å². The van der Waals surface area contributed by atoms with Crippen LogP contribution < -0.4 is 5.32 Å². The van der Waals surface area contributed by atoms with Gasteiger partial charge in [-0.1, -0.05) is 13.8 Å². The quantitative estimate of drug-likeness (QED) is 0.801. The minimum atomic E-state index is -0.113. The minimum Gasteiger partial charge on any atom is -0.396 e. The normalized spacial score (nSPS) is 11.6. The van der Waals surface area contributed by atoms with Crippen LogP contribution in [0, 0.1) is 12.3 Å². The second-order valence-electron chi connectivity index (χ2n) is 5.28. The van der Waals surface area contributed by atoms with Crippen LogP contribution in [0.1, 0.15) is 40.6 Å². The maximum Gasteiger partial charge on any atom is 0.263 e. The van der Waals surface area contributed by atoms with Gasteiger partial charge in [-0.15, -0.1) is 11.3 Å². The zero-order valence-corrected chi connectivity index (χ0v) is 12.8. The standard InChI is InChI=1S/C13H22N2O3S/c1-9-11(19-10(15-9)7-18-4)12(17)14-8-13(2,3)5-6-16/h16H,5-8H2,1-4H3,(H,14,17). The second kappa shape index (κ2) is 6.98. The first-order valence-corrected chi connectivity index (χ1v) is 7.05. The molecule has 1 rings (SSSR count). The fraction of sp³-hybridized carbons (Fsp3) is 0.692. The lowest BCUT2D eigenvalue weighted by Crippen LogP contribution is -2.34. The fourth-order valence-electron chi connectivity index (χ4n) is 1.64. The van der Waals surface area contributed by atoms with E-state index in [2.05, 4.69) is 10.3 Å². The highest BCUT2D eigenvalue weighted by Crippen LogP contribution is 2.21. The summed E-state index contributed by atoms with van der Waals surface area (Å²) in [7, 11) is 1.61. The van der Waals surface area contributed by atoms with Gasteiger partial charge in [0, 0.05) is 20.3 Å². The van der Waals surface area contributed by atoms with Crippen LogP contribution in [0.4, 0.5) is 0 Å². The Labute approximate surface area is 118 Å². The number of nitrogens with one attached hydrogen (secondary N) is 1. The zero-order chi connectivity index (χ0) is 14.5. The van der Waals surface area contributed by atoms with Crippen LogP contribution in [0.3, 0.4) is 0 Å². The number of nitrogens with zero attached hydrogens (tertiary/aromatic N) is 1. The van der Waals surface area contributed by atoms with Crippen LogP contribution in [0.2, 0.25) is 0 Å². The number of aliphatic hydroxyl groups is 1. The Bertz CT molecular complexity index is 430. The third kappa shape index (κ3) is 4.89. The number of rotatable bonds is 7. The number of thiazole rings is 1. The van der Waals surface area contributed by atoms with Crippen LogP contribution in [-0.2, 0) is 11.3 Å². The molecule has 0 aliphatic rings. The molecule has 0 saturated heterocycles. The van der Waals surface area contributed by atoms with Gasteiger partial charge in [0.05, 0.1) is 12.3 Å². The lowest BCUT2D eigenvalue weighted by atomic mass is 9.90. The molecule has 0 radical (unpaired) electrons. The van der Waals surface area contributed by atoms with Crippen molar-refractivity contribution in [1.29, 1.82) is 0 Å². The number of aliphatic hydroxyl groups excluding tert-OH is 1. The molecule has 0 fully saturated rings. The minimum absolute atomic E-state index is 0.108. The number of aromatic nitrogens is 1. The van der Waals surface area contributed by atoms with Crippen LogP contribution in [0.25, 0.3) is 0 Å². The molecule has 5 nitrogen and oxygen atoms in total. The number of hydrogen-bond acceptors (Lipinski definition) is 5. The maximum atomic E-state index is 12.1. The molecule has 0 unspecified atom stereocenters. The Morgan fingerprint density at radius 2 is 2.21 bits per heavy atom. The van der Waals surface area contributed by atoms with E-state index in [9.17, 15) is 4.79 Å². The van der Waals surface area contributed by atoms with Crippen molar-refractivity contribution in [2.24, 2.45) is 5.41 Å². The van der Waals surface area contributed by atoms with Crippen LogP contribution in [-0.4, -0.2) is 36.3 Å². The van der Waals surface area contributed by atoms with E-state index in [4.69, 9.17) is 9.84 Å². The summed E-state index contributed by atoms with van der Waals surface area (Å²) in [6.07, 6.45) is 0.657. The van der Waals surface area contributed by atoms with Crippen molar-refractivity contribution in [2.75, 3.05) is 20.3 Å². The van der Waals surface area contributed by atoms with Crippen molar-refractivity contribution in [3.05, 3.63) is 15.6 Å². The van der Waals surface area contributed by atoms with Crippen molar-refractivity contribution in [2.45, 2.75) is 33.8 Å². The molecule has 1 heterocycles. The molecule has 19 heavy (non-hydrogen) atoms. The summed E-state index contributed by atoms with van der Waals surface area (Å²) >= 11 is 1.36. The summed E-state index contributed by atoms with van der Waals surface area (Å²) in [5, 5.41) is 12.7. The van der Waals surface area contributed by atoms with E-state index in [1.54, 1.807) is 7.11 Å². The lowest BCUT2D eigenvalue weighted by molar-refractivity contribution is 0.0931. The van der Waals surface area contributed by atoms with Gasteiger partial charge in [-0.05, 0) is 18.8 Å². The van der Waals surface area contributed by atoms with E-state index in [1.807, 2.05) is 20.8 Å². The molecule has 0 saturated carbocycles. The third-order valence-electron chi connectivity index (χ3n) is 2.83. The number of methoxy groups -OCH3 is 1. The molecule has 0 aromatic carbocycles. The molecule has 0 aliphatic heterocycles. The highest BCUT2D eigenvalue weighted by Gasteiger charge is 2.20. The van der Waals surface area contributed by atoms with E-state index >= 15 is 0 Å². The predicted octanol–water partition coefficient (Wildman–Crippen LogP) is 1.74. The first kappa shape index (κ1) is 16.1. The van der Waals surface area contributed by atoms with Crippen molar-refractivity contribution < 1.29 is 14.6 Å². The molecule has 0 aliphatic carbocycles. The van der Waals surface area contributed by atoms with Crippen molar-refractivity contribution in [3.63, 3.8) is 0 Å². The van der Waals surface area contributed by atoms with Crippen molar-refractivity contribution >= 4 is 17.2 Å². The van der Waals surface area contributed by atoms with Gasteiger partial charge in [0.1, 0.15) is 9.88 Å². The molecule has 1 amide bonds. The highest BCUT2D eigenvalue weighted by atomic mass is 32.1. The maximum absolute atomic E-state index is 12.1. The van der Waals surface area contributed by atoms with Crippen LogP contribution >= 0.6 is 11.3 Å². The van der Waals surface area contributed by atoms with Crippen molar-refractivity contribution in [1.82, 2.24) is 10.3 Å². The molecular weight excluding hydrogens is 264 g/mol. The average molecular weight is 286 g/mol. The molecule has 6 heteroatoms. The molecule has 1 aromatic rings. The summed E-state index contributed by atoms with van der Waals surface area (Å²) < 4.78 is 5.01. The van der Waals surface area contributed by atoms with E-state index in [0.717, 1.165) is 10.7 Å². The summed E-state index contributed by atoms with van der Waals surface area (Å²) in [5.41, 5.74) is 0.618. The van der Waals surface area contributed by atoms with E-state index in [-0.39, 0.29) is 17.9 Å². The van der Waals surface area contributed by atoms with Gasteiger partial charge in [0.25, 0.3) is 5.91 Å². The summed E-state index contributed by atoms with van der Waals surface area (Å²) in [6, 6.07) is 0. The van der Waals surface area contributed by atoms with Crippen LogP contribution in [0.15, 0.2) is 0 Å². The van der Waals surface area contributed by atoms with Gasteiger partial charge in [-0.25, -0.2) is 4.98 Å². The molecule has 2 N–H and O–H groups in total. The first-order valence-electron chi connectivity index (χ1n) is 6.24. The highest BCUT2D eigenvalue weighted by molar-refractivity contribution is 7.13. The number of carbonyl (C=O) groups excluding carboxylic acids is 1. The zero-order valence-electron chi connectivity index (χ0n) is 11.9. The average Bonchev–Trinajstić information content (AvgIpc) is 2.68. The monoisotopic (exact) mass is 286 g/mol. The molecule has 108 valence electrons. The first-order chi connectivity index (χ1) is 8.89. The molecule has 0 atom stereocenters. The Kier molecular flexibility index (Phi) is 5.90. The summed E-state index contributed by atoms with van der Waals surface area (Å²) in [5.74, 6) is -0.108. The predicted molar refractivity (Wildman–Crippen MR) is 75.4 cm³/mol. The Hall–Kier alpha value is -0.980. The fourth-order valence-corrected chi connectivity index (χ4v) is 2.59. The van der Waals surface area contributed by atoms with Gasteiger partial charge in [0.2, 0.25) is 0 Å². The van der Waals surface area contributed by atoms with Crippen molar-refractivity contribution in [3.8, 4) is 0 Å². The number of ether oxygens (including phenoxy) is 1. The SMILES string of the molecule is COCc1nc(C)c(C(=O)NCC(C)(C)CCO)s1. The summed E-state index contributed by atoms with van der Waals surface area (Å²) in [4.78, 5) is 17.0. The van der Waals surface area contributed by atoms with Gasteiger partial charge in [-0.2, -0.15) is 0 Å². The molecule has 1 aromatic heterocycles.